The van der Waals surface area contributed by atoms with Crippen molar-refractivity contribution in [3.05, 3.63) is 0 Å². The van der Waals surface area contributed by atoms with Crippen LogP contribution in [0.4, 0.5) is 0 Å². The summed E-state index contributed by atoms with van der Waals surface area (Å²) < 4.78 is 24.9. The molecule has 11 heavy (non-hydrogen) atoms. The Hall–Kier alpha value is -0.380. The number of rotatable bonds is 4. The van der Waals surface area contributed by atoms with E-state index in [4.69, 9.17) is 5.41 Å². The lowest BCUT2D eigenvalue weighted by Gasteiger charge is -2.12. The maximum Gasteiger partial charge on any atom is 0.367 e. The van der Waals surface area contributed by atoms with Gasteiger partial charge in [-0.3, -0.25) is 9.97 Å². The molecule has 0 rings (SSSR count). The Bertz CT molecular complexity index is 173. The summed E-state index contributed by atoms with van der Waals surface area (Å²) in [5.41, 5.74) is 0. The predicted molar refractivity (Wildman–Crippen MR) is 41.0 cm³/mol. The van der Waals surface area contributed by atoms with E-state index >= 15 is 0 Å². The first-order chi connectivity index (χ1) is 5.04. The van der Waals surface area contributed by atoms with Gasteiger partial charge in [0.1, 0.15) is 0 Å². The molecule has 0 aromatic heterocycles. The monoisotopic (exact) mass is 181 g/mol. The van der Waals surface area contributed by atoms with E-state index in [-0.39, 0.29) is 12.2 Å². The summed E-state index contributed by atoms with van der Waals surface area (Å²) in [5.74, 6) is -0.0145. The van der Waals surface area contributed by atoms with Crippen molar-refractivity contribution < 1.29 is 18.3 Å². The lowest BCUT2D eigenvalue weighted by Crippen LogP contribution is -2.03. The van der Waals surface area contributed by atoms with Crippen molar-refractivity contribution in [2.24, 2.45) is 0 Å². The summed E-state index contributed by atoms with van der Waals surface area (Å²) in [5, 5.41) is 6.87. The first-order valence-electron chi connectivity index (χ1n) is 2.92. The van der Waals surface area contributed by atoms with Crippen molar-refractivity contribution in [2.75, 3.05) is 20.6 Å². The number of hydrogen-bond donors (Lipinski definition) is 1. The highest BCUT2D eigenvalue weighted by molar-refractivity contribution is 7.53. The standard InChI is InChI=1S/C5H12NO4P/c1-5(6)10-4-11(7,8-2)9-3/h6H,4H2,1-3H3. The molecule has 66 valence electrons. The van der Waals surface area contributed by atoms with Crippen LogP contribution in [0.25, 0.3) is 0 Å². The van der Waals surface area contributed by atoms with Gasteiger partial charge in [0.05, 0.1) is 0 Å². The van der Waals surface area contributed by atoms with Gasteiger partial charge < -0.3 is 13.8 Å². The molecule has 0 spiro atoms. The van der Waals surface area contributed by atoms with Gasteiger partial charge in [-0.25, -0.2) is 0 Å². The van der Waals surface area contributed by atoms with Gasteiger partial charge in [0, 0.05) is 21.1 Å². The molecular formula is C5H12NO4P. The number of nitrogens with one attached hydrogen (secondary N) is 1. The molecule has 0 aromatic rings. The fourth-order valence-corrected chi connectivity index (χ4v) is 1.07. The first-order valence-corrected chi connectivity index (χ1v) is 4.65. The van der Waals surface area contributed by atoms with Crippen LogP contribution < -0.4 is 0 Å². The molecule has 0 saturated heterocycles. The highest BCUT2D eigenvalue weighted by Crippen LogP contribution is 2.45. The Labute approximate surface area is 65.7 Å². The van der Waals surface area contributed by atoms with Crippen LogP contribution in [-0.2, 0) is 18.3 Å². The Balaban J connectivity index is 3.89. The zero-order chi connectivity index (χ0) is 8.91. The van der Waals surface area contributed by atoms with Gasteiger partial charge in [-0.15, -0.1) is 0 Å². The van der Waals surface area contributed by atoms with Crippen LogP contribution >= 0.6 is 7.60 Å². The van der Waals surface area contributed by atoms with E-state index in [2.05, 4.69) is 13.8 Å². The van der Waals surface area contributed by atoms with E-state index < -0.39 is 7.60 Å². The molecule has 0 heterocycles. The van der Waals surface area contributed by atoms with E-state index in [1.54, 1.807) is 0 Å². The Kier molecular flexibility index (Phi) is 4.33. The third kappa shape index (κ3) is 4.14. The van der Waals surface area contributed by atoms with Crippen LogP contribution in [0, 0.1) is 5.41 Å². The summed E-state index contributed by atoms with van der Waals surface area (Å²) >= 11 is 0. The van der Waals surface area contributed by atoms with Crippen molar-refractivity contribution in [2.45, 2.75) is 6.92 Å². The van der Waals surface area contributed by atoms with E-state index in [0.29, 0.717) is 0 Å². The molecule has 0 unspecified atom stereocenters. The molecule has 5 nitrogen and oxygen atoms in total. The summed E-state index contributed by atoms with van der Waals surface area (Å²) in [7, 11) is -0.557. The molecule has 0 aliphatic carbocycles. The zero-order valence-electron chi connectivity index (χ0n) is 6.79. The van der Waals surface area contributed by atoms with Gasteiger partial charge in [0.15, 0.2) is 12.2 Å². The SMILES string of the molecule is COP(=O)(COC(C)=N)OC. The van der Waals surface area contributed by atoms with Crippen molar-refractivity contribution in [3.63, 3.8) is 0 Å². The van der Waals surface area contributed by atoms with Gasteiger partial charge in [0.25, 0.3) is 0 Å². The molecule has 6 heteroatoms. The van der Waals surface area contributed by atoms with Crippen molar-refractivity contribution in [3.8, 4) is 0 Å². The van der Waals surface area contributed by atoms with Crippen LogP contribution in [0.2, 0.25) is 0 Å². The molecule has 0 aliphatic rings. The van der Waals surface area contributed by atoms with Crippen molar-refractivity contribution >= 4 is 13.5 Å². The molecule has 0 radical (unpaired) electrons. The minimum Gasteiger partial charge on any atom is -0.469 e. The van der Waals surface area contributed by atoms with E-state index in [1.165, 1.54) is 21.1 Å². The van der Waals surface area contributed by atoms with E-state index in [1.807, 2.05) is 0 Å². The van der Waals surface area contributed by atoms with Crippen molar-refractivity contribution in [1.82, 2.24) is 0 Å². The summed E-state index contributed by atoms with van der Waals surface area (Å²) in [6.07, 6.45) is -0.213. The normalized spacial score (nSPS) is 11.2. The Morgan fingerprint density at radius 1 is 1.45 bits per heavy atom. The third-order valence-electron chi connectivity index (χ3n) is 0.996. The third-order valence-corrected chi connectivity index (χ3v) is 2.55. The summed E-state index contributed by atoms with van der Waals surface area (Å²) in [6, 6.07) is 0. The van der Waals surface area contributed by atoms with Crippen LogP contribution in [0.15, 0.2) is 0 Å². The Morgan fingerprint density at radius 3 is 2.18 bits per heavy atom. The van der Waals surface area contributed by atoms with Gasteiger partial charge in [0.2, 0.25) is 0 Å². The van der Waals surface area contributed by atoms with E-state index in [0.717, 1.165) is 0 Å². The van der Waals surface area contributed by atoms with Gasteiger partial charge in [-0.1, -0.05) is 0 Å². The van der Waals surface area contributed by atoms with Gasteiger partial charge in [-0.05, 0) is 0 Å². The fourth-order valence-electron chi connectivity index (χ4n) is 0.356. The average Bonchev–Trinajstić information content (AvgIpc) is 2.00. The molecule has 0 fully saturated rings. The smallest absolute Gasteiger partial charge is 0.367 e. The highest BCUT2D eigenvalue weighted by Gasteiger charge is 2.21. The zero-order valence-corrected chi connectivity index (χ0v) is 7.68. The number of ether oxygens (including phenoxy) is 1. The maximum absolute atomic E-state index is 11.2. The highest BCUT2D eigenvalue weighted by atomic mass is 31.2. The molecule has 0 saturated carbocycles. The van der Waals surface area contributed by atoms with Crippen LogP contribution in [0.5, 0.6) is 0 Å². The topological polar surface area (TPSA) is 68.6 Å². The average molecular weight is 181 g/mol. The maximum atomic E-state index is 11.2. The van der Waals surface area contributed by atoms with Crippen molar-refractivity contribution in [1.29, 1.82) is 5.41 Å². The molecule has 0 aliphatic heterocycles. The molecule has 0 bridgehead atoms. The fraction of sp³-hybridized carbons (Fsp3) is 0.800. The summed E-state index contributed by atoms with van der Waals surface area (Å²) in [6.45, 7) is 1.44. The molecule has 1 N–H and O–H groups in total. The largest absolute Gasteiger partial charge is 0.469 e. The lowest BCUT2D eigenvalue weighted by atomic mass is 10.8. The van der Waals surface area contributed by atoms with E-state index in [9.17, 15) is 4.57 Å². The second kappa shape index (κ2) is 4.49. The first kappa shape index (κ1) is 10.6. The molecular weight excluding hydrogens is 169 g/mol. The predicted octanol–water partition coefficient (Wildman–Crippen LogP) is 1.44. The quantitative estimate of drug-likeness (QED) is 0.404. The second-order valence-corrected chi connectivity index (χ2v) is 4.02. The number of hydrogen-bond acceptors (Lipinski definition) is 5. The van der Waals surface area contributed by atoms with Gasteiger partial charge >= 0.3 is 7.60 Å². The van der Waals surface area contributed by atoms with Crippen LogP contribution in [0.1, 0.15) is 6.92 Å². The molecule has 0 atom stereocenters. The molecule has 0 aromatic carbocycles. The lowest BCUT2D eigenvalue weighted by molar-refractivity contribution is 0.235. The summed E-state index contributed by atoms with van der Waals surface area (Å²) in [4.78, 5) is 0. The minimum absolute atomic E-state index is 0.0145. The Morgan fingerprint density at radius 2 is 1.91 bits per heavy atom. The van der Waals surface area contributed by atoms with Crippen LogP contribution in [-0.4, -0.2) is 26.5 Å². The van der Waals surface area contributed by atoms with Crippen LogP contribution in [0.3, 0.4) is 0 Å². The second-order valence-electron chi connectivity index (χ2n) is 1.81. The molecule has 0 amide bonds. The minimum atomic E-state index is -3.10. The van der Waals surface area contributed by atoms with Gasteiger partial charge in [-0.2, -0.15) is 0 Å².